The minimum absolute atomic E-state index is 0.0299. The SMILES string of the molecule is Nc1cccc2c(O)c(C=O)sc12. The summed E-state index contributed by atoms with van der Waals surface area (Å²) in [5, 5.41) is 10.2. The number of nitrogens with two attached hydrogens (primary N) is 1. The molecule has 0 fully saturated rings. The molecule has 0 bridgehead atoms. The summed E-state index contributed by atoms with van der Waals surface area (Å²) in [7, 11) is 0. The van der Waals surface area contributed by atoms with Gasteiger partial charge in [0.1, 0.15) is 10.6 Å². The zero-order chi connectivity index (χ0) is 9.42. The van der Waals surface area contributed by atoms with Gasteiger partial charge < -0.3 is 10.8 Å². The zero-order valence-electron chi connectivity index (χ0n) is 6.65. The molecule has 0 radical (unpaired) electrons. The molecule has 0 aliphatic carbocycles. The van der Waals surface area contributed by atoms with Crippen molar-refractivity contribution in [3.8, 4) is 5.75 Å². The van der Waals surface area contributed by atoms with E-state index in [1.807, 2.05) is 0 Å². The van der Waals surface area contributed by atoms with Gasteiger partial charge in [-0.05, 0) is 12.1 Å². The van der Waals surface area contributed by atoms with Gasteiger partial charge in [0.25, 0.3) is 0 Å². The Hall–Kier alpha value is -1.55. The van der Waals surface area contributed by atoms with Crippen molar-refractivity contribution in [3.63, 3.8) is 0 Å². The van der Waals surface area contributed by atoms with Gasteiger partial charge in [-0.1, -0.05) is 6.07 Å². The van der Waals surface area contributed by atoms with Gasteiger partial charge in [0.15, 0.2) is 6.29 Å². The maximum Gasteiger partial charge on any atom is 0.163 e. The maximum atomic E-state index is 10.5. The van der Waals surface area contributed by atoms with Gasteiger partial charge in [-0.2, -0.15) is 0 Å². The molecule has 4 heteroatoms. The van der Waals surface area contributed by atoms with Crippen LogP contribution in [0.2, 0.25) is 0 Å². The van der Waals surface area contributed by atoms with Crippen LogP contribution in [-0.4, -0.2) is 11.4 Å². The average Bonchev–Trinajstić information content (AvgIpc) is 2.45. The van der Waals surface area contributed by atoms with Crippen molar-refractivity contribution in [1.29, 1.82) is 0 Å². The Labute approximate surface area is 78.4 Å². The number of thiophene rings is 1. The largest absolute Gasteiger partial charge is 0.506 e. The van der Waals surface area contributed by atoms with E-state index in [1.165, 1.54) is 11.3 Å². The van der Waals surface area contributed by atoms with E-state index in [2.05, 4.69) is 0 Å². The second-order valence-corrected chi connectivity index (χ2v) is 3.71. The summed E-state index contributed by atoms with van der Waals surface area (Å²) in [6.45, 7) is 0. The molecule has 0 aliphatic rings. The molecule has 3 N–H and O–H groups in total. The second kappa shape index (κ2) is 2.74. The lowest BCUT2D eigenvalue weighted by Gasteiger charge is -1.93. The van der Waals surface area contributed by atoms with Crippen LogP contribution < -0.4 is 5.73 Å². The van der Waals surface area contributed by atoms with E-state index in [-0.39, 0.29) is 5.75 Å². The molecule has 0 unspecified atom stereocenters. The lowest BCUT2D eigenvalue weighted by molar-refractivity contribution is 0.112. The Morgan fingerprint density at radius 1 is 1.46 bits per heavy atom. The Kier molecular flexibility index (Phi) is 1.70. The molecule has 0 atom stereocenters. The van der Waals surface area contributed by atoms with E-state index in [0.717, 1.165) is 4.70 Å². The predicted octanol–water partition coefficient (Wildman–Crippen LogP) is 2.00. The Morgan fingerprint density at radius 2 is 2.23 bits per heavy atom. The van der Waals surface area contributed by atoms with Crippen molar-refractivity contribution < 1.29 is 9.90 Å². The highest BCUT2D eigenvalue weighted by Gasteiger charge is 2.11. The molecule has 2 aromatic rings. The third kappa shape index (κ3) is 1.07. The van der Waals surface area contributed by atoms with Crippen molar-refractivity contribution in [2.24, 2.45) is 0 Å². The third-order valence-corrected chi connectivity index (χ3v) is 3.02. The monoisotopic (exact) mass is 193 g/mol. The highest BCUT2D eigenvalue weighted by Crippen LogP contribution is 2.38. The molecule has 0 aliphatic heterocycles. The lowest BCUT2D eigenvalue weighted by Crippen LogP contribution is -1.81. The van der Waals surface area contributed by atoms with E-state index in [4.69, 9.17) is 5.73 Å². The van der Waals surface area contributed by atoms with Crippen LogP contribution >= 0.6 is 11.3 Å². The number of rotatable bonds is 1. The smallest absolute Gasteiger partial charge is 0.163 e. The van der Waals surface area contributed by atoms with E-state index < -0.39 is 0 Å². The molecule has 0 saturated carbocycles. The third-order valence-electron chi connectivity index (χ3n) is 1.85. The average molecular weight is 193 g/mol. The van der Waals surface area contributed by atoms with E-state index in [1.54, 1.807) is 18.2 Å². The summed E-state index contributed by atoms with van der Waals surface area (Å²) in [4.78, 5) is 10.8. The van der Waals surface area contributed by atoms with Crippen LogP contribution in [0.4, 0.5) is 5.69 Å². The number of nitrogen functional groups attached to an aromatic ring is 1. The number of fused-ring (bicyclic) bond motifs is 1. The predicted molar refractivity (Wildman–Crippen MR) is 53.3 cm³/mol. The minimum atomic E-state index is 0.0299. The van der Waals surface area contributed by atoms with Crippen LogP contribution in [0, 0.1) is 0 Å². The van der Waals surface area contributed by atoms with Crippen molar-refractivity contribution in [1.82, 2.24) is 0 Å². The van der Waals surface area contributed by atoms with Gasteiger partial charge >= 0.3 is 0 Å². The molecule has 1 heterocycles. The van der Waals surface area contributed by atoms with Gasteiger partial charge in [0.05, 0.1) is 4.70 Å². The number of anilines is 1. The molecule has 3 nitrogen and oxygen atoms in total. The fourth-order valence-electron chi connectivity index (χ4n) is 1.23. The van der Waals surface area contributed by atoms with Crippen LogP contribution in [0.15, 0.2) is 18.2 Å². The first-order valence-corrected chi connectivity index (χ1v) is 4.51. The number of hydrogen-bond donors (Lipinski definition) is 2. The van der Waals surface area contributed by atoms with Crippen molar-refractivity contribution in [2.75, 3.05) is 5.73 Å². The molecular formula is C9H7NO2S. The fraction of sp³-hybridized carbons (Fsp3) is 0. The number of hydrogen-bond acceptors (Lipinski definition) is 4. The van der Waals surface area contributed by atoms with Crippen molar-refractivity contribution >= 4 is 33.4 Å². The Bertz CT molecular complexity index is 476. The molecule has 0 saturated heterocycles. The number of carbonyl (C=O) groups excluding carboxylic acids is 1. The summed E-state index contributed by atoms with van der Waals surface area (Å²) < 4.78 is 0.766. The number of carbonyl (C=O) groups is 1. The lowest BCUT2D eigenvalue weighted by atomic mass is 10.2. The van der Waals surface area contributed by atoms with E-state index in [0.29, 0.717) is 22.2 Å². The summed E-state index contributed by atoms with van der Waals surface area (Å²) in [6, 6.07) is 5.23. The molecule has 2 rings (SSSR count). The van der Waals surface area contributed by atoms with Crippen molar-refractivity contribution in [3.05, 3.63) is 23.1 Å². The van der Waals surface area contributed by atoms with Gasteiger partial charge in [0, 0.05) is 11.1 Å². The highest BCUT2D eigenvalue weighted by molar-refractivity contribution is 7.21. The van der Waals surface area contributed by atoms with Gasteiger partial charge in [-0.25, -0.2) is 0 Å². The molecule has 13 heavy (non-hydrogen) atoms. The highest BCUT2D eigenvalue weighted by atomic mass is 32.1. The Morgan fingerprint density at radius 3 is 2.85 bits per heavy atom. The molecule has 66 valence electrons. The standard InChI is InChI=1S/C9H7NO2S/c10-6-3-1-2-5-8(12)7(4-11)13-9(5)6/h1-4,12H,10H2. The van der Waals surface area contributed by atoms with Crippen LogP contribution in [0.1, 0.15) is 9.67 Å². The summed E-state index contributed by atoms with van der Waals surface area (Å²) in [5.74, 6) is 0.0299. The van der Waals surface area contributed by atoms with Crippen LogP contribution in [0.3, 0.4) is 0 Å². The normalized spacial score (nSPS) is 10.5. The fourth-order valence-corrected chi connectivity index (χ4v) is 2.16. The number of benzene rings is 1. The zero-order valence-corrected chi connectivity index (χ0v) is 7.47. The first-order chi connectivity index (χ1) is 6.24. The summed E-state index contributed by atoms with van der Waals surface area (Å²) in [6.07, 6.45) is 0.638. The van der Waals surface area contributed by atoms with Crippen LogP contribution in [-0.2, 0) is 0 Å². The molecule has 1 aromatic heterocycles. The molecule has 0 amide bonds. The van der Waals surface area contributed by atoms with E-state index in [9.17, 15) is 9.90 Å². The number of aldehydes is 1. The quantitative estimate of drug-likeness (QED) is 0.537. The topological polar surface area (TPSA) is 63.3 Å². The van der Waals surface area contributed by atoms with Gasteiger partial charge in [-0.15, -0.1) is 11.3 Å². The minimum Gasteiger partial charge on any atom is -0.506 e. The summed E-state index contributed by atoms with van der Waals surface area (Å²) in [5.41, 5.74) is 6.27. The van der Waals surface area contributed by atoms with Gasteiger partial charge in [-0.3, -0.25) is 4.79 Å². The van der Waals surface area contributed by atoms with Gasteiger partial charge in [0.2, 0.25) is 0 Å². The first-order valence-electron chi connectivity index (χ1n) is 3.69. The first kappa shape index (κ1) is 8.07. The summed E-state index contributed by atoms with van der Waals surface area (Å²) >= 11 is 1.21. The molecule has 1 aromatic carbocycles. The van der Waals surface area contributed by atoms with E-state index >= 15 is 0 Å². The maximum absolute atomic E-state index is 10.5. The number of aromatic hydroxyl groups is 1. The Balaban J connectivity index is 2.91. The molecular weight excluding hydrogens is 186 g/mol. The second-order valence-electron chi connectivity index (χ2n) is 2.66. The molecule has 0 spiro atoms. The van der Waals surface area contributed by atoms with Crippen LogP contribution in [0.5, 0.6) is 5.75 Å². The van der Waals surface area contributed by atoms with Crippen molar-refractivity contribution in [2.45, 2.75) is 0 Å². The van der Waals surface area contributed by atoms with Crippen LogP contribution in [0.25, 0.3) is 10.1 Å².